The van der Waals surface area contributed by atoms with Crippen LogP contribution in [0.1, 0.15) is 94.4 Å². The van der Waals surface area contributed by atoms with Gasteiger partial charge in [-0.1, -0.05) is 50.6 Å². The number of nitrogens with one attached hydrogen (secondary N) is 1. The van der Waals surface area contributed by atoms with Crippen LogP contribution in [0.15, 0.2) is 58.4 Å². The highest BCUT2D eigenvalue weighted by atomic mass is 16.7. The summed E-state index contributed by atoms with van der Waals surface area (Å²) in [5.41, 5.74) is -4.73. The van der Waals surface area contributed by atoms with Gasteiger partial charge in [0.1, 0.15) is 35.9 Å². The molecular formula is C49H66N2O17. The lowest BCUT2D eigenvalue weighted by molar-refractivity contribution is -0.584. The number of hydrogen-bond acceptors (Lipinski definition) is 17. The van der Waals surface area contributed by atoms with Crippen molar-refractivity contribution < 1.29 is 77.4 Å². The number of methoxy groups -OCH3 is 1. The average molecular weight is 955 g/mol. The molecule has 0 radical (unpaired) electrons. The first-order valence-electron chi connectivity index (χ1n) is 23.5. The van der Waals surface area contributed by atoms with Crippen molar-refractivity contribution in [1.29, 1.82) is 0 Å². The van der Waals surface area contributed by atoms with Crippen LogP contribution in [0.4, 0.5) is 4.79 Å². The molecular weight excluding hydrogens is 889 g/mol. The van der Waals surface area contributed by atoms with E-state index >= 15 is 4.79 Å². The molecule has 19 heteroatoms. The Labute approximate surface area is 395 Å². The van der Waals surface area contributed by atoms with Gasteiger partial charge in [-0.25, -0.2) is 9.59 Å². The minimum Gasteiger partial charge on any atom is -0.511 e. The van der Waals surface area contributed by atoms with Gasteiger partial charge in [0.25, 0.3) is 0 Å². The lowest BCUT2D eigenvalue weighted by atomic mass is 9.49. The molecule has 19 nitrogen and oxygen atoms in total. The van der Waals surface area contributed by atoms with Crippen molar-refractivity contribution >= 4 is 30.1 Å². The number of carbonyl (C=O) groups is 5. The van der Waals surface area contributed by atoms with Crippen LogP contribution in [-0.4, -0.2) is 130 Å². The maximum atomic E-state index is 15.3. The first-order valence-corrected chi connectivity index (χ1v) is 23.5. The third kappa shape index (κ3) is 8.87. The molecule has 4 fully saturated rings. The van der Waals surface area contributed by atoms with Crippen molar-refractivity contribution in [2.45, 2.75) is 167 Å². The van der Waals surface area contributed by atoms with Crippen LogP contribution in [-0.2, 0) is 52.3 Å². The van der Waals surface area contributed by atoms with Crippen LogP contribution < -0.4 is 5.32 Å². The van der Waals surface area contributed by atoms with Gasteiger partial charge in [-0.05, 0) is 75.5 Å². The molecule has 4 aliphatic carbocycles. The van der Waals surface area contributed by atoms with Gasteiger partial charge in [-0.2, -0.15) is 0 Å². The largest absolute Gasteiger partial charge is 0.511 e. The number of nitro groups is 1. The number of rotatable bonds is 8. The van der Waals surface area contributed by atoms with Gasteiger partial charge in [0.15, 0.2) is 18.2 Å². The summed E-state index contributed by atoms with van der Waals surface area (Å²) in [6.45, 7) is 15.4. The highest BCUT2D eigenvalue weighted by Gasteiger charge is 2.65. The predicted molar refractivity (Wildman–Crippen MR) is 238 cm³/mol. The molecule has 3 heterocycles. The SMILES string of the molecule is COC(=O)NC1C(C)OC(OC2C/C=C(\C)C3C=CC4C(OC5CC(OC(C)=O)C(O)C(C)O5)C(C)CC(C)C4C3(C)/C(O)=C3/C(=O)OC4(CC(C=O)=CC(O)C4/C=C/2C)C3=O)CC1(C)[N+](=O)[O-]. The molecule has 68 heavy (non-hydrogen) atoms. The number of esters is 2. The number of allylic oxidation sites excluding steroid dienone is 3. The van der Waals surface area contributed by atoms with Crippen LogP contribution in [0.3, 0.4) is 0 Å². The summed E-state index contributed by atoms with van der Waals surface area (Å²) in [6.07, 6.45) is -0.263. The maximum Gasteiger partial charge on any atom is 0.407 e. The third-order valence-electron chi connectivity index (χ3n) is 16.0. The van der Waals surface area contributed by atoms with Gasteiger partial charge in [0.2, 0.25) is 11.3 Å². The van der Waals surface area contributed by atoms with Gasteiger partial charge in [-0.15, -0.1) is 0 Å². The van der Waals surface area contributed by atoms with Gasteiger partial charge < -0.3 is 53.8 Å². The normalized spacial score (nSPS) is 46.4. The number of aldehydes is 1. The Kier molecular flexibility index (Phi) is 14.4. The minimum absolute atomic E-state index is 0.0115. The van der Waals surface area contributed by atoms with Crippen molar-refractivity contribution in [3.05, 3.63) is 68.5 Å². The molecule has 1 spiro atoms. The molecule has 2 bridgehead atoms. The quantitative estimate of drug-likeness (QED) is 0.0490. The summed E-state index contributed by atoms with van der Waals surface area (Å²) in [4.78, 5) is 78.5. The third-order valence-corrected chi connectivity index (χ3v) is 16.0. The number of carbonyl (C=O) groups excluding carboxylic acids is 5. The van der Waals surface area contributed by atoms with Crippen LogP contribution >= 0.6 is 0 Å². The van der Waals surface area contributed by atoms with E-state index in [1.165, 1.54) is 19.9 Å². The van der Waals surface area contributed by atoms with Crippen LogP contribution in [0, 0.1) is 51.0 Å². The van der Waals surface area contributed by atoms with Crippen molar-refractivity contribution in [2.24, 2.45) is 40.9 Å². The Balaban J connectivity index is 1.34. The van der Waals surface area contributed by atoms with Crippen molar-refractivity contribution in [2.75, 3.05) is 7.11 Å². The zero-order chi connectivity index (χ0) is 49.9. The number of aliphatic hydroxyl groups excluding tert-OH is 3. The summed E-state index contributed by atoms with van der Waals surface area (Å²) in [7, 11) is 1.15. The van der Waals surface area contributed by atoms with E-state index in [4.69, 9.17) is 33.2 Å². The standard InChI is InChI=1S/C49H66N2O17/c1-22-11-14-34(66-37-20-47(8,51(60)61)42(27(6)64-37)50-46(59)62-10)23(2)16-32-33(54)17-29(21-52)19-49(32)44(57)38(45(58)68-49)43(56)48(9)31(22)13-12-30-39(48)24(3)15-25(4)41(30)67-36-18-35(65-28(7)53)40(55)26(5)63-36/h11-13,16-17,21,24-27,30-37,39-42,54-56H,14-15,18-20H2,1-10H3,(H,50,59)/b22-11+,23-16+,43-38-. The van der Waals surface area contributed by atoms with Crippen LogP contribution in [0.5, 0.6) is 0 Å². The number of amides is 1. The number of ketones is 1. The first-order chi connectivity index (χ1) is 31.9. The summed E-state index contributed by atoms with van der Waals surface area (Å²) in [6, 6.07) is -1.10. The fourth-order valence-electron chi connectivity index (χ4n) is 12.6. The van der Waals surface area contributed by atoms with E-state index in [1.54, 1.807) is 26.8 Å². The van der Waals surface area contributed by atoms with Crippen molar-refractivity contribution in [3.8, 4) is 0 Å². The lowest BCUT2D eigenvalue weighted by Gasteiger charge is -2.56. The summed E-state index contributed by atoms with van der Waals surface area (Å²) >= 11 is 0. The molecule has 4 N–H and O–H groups in total. The molecule has 0 aromatic rings. The Morgan fingerprint density at radius 1 is 0.971 bits per heavy atom. The molecule has 0 aromatic carbocycles. The van der Waals surface area contributed by atoms with Crippen LogP contribution in [0.2, 0.25) is 0 Å². The van der Waals surface area contributed by atoms with E-state index < -0.39 is 148 Å². The molecule has 0 aromatic heterocycles. The number of aliphatic hydroxyl groups is 3. The summed E-state index contributed by atoms with van der Waals surface area (Å²) in [5, 5.41) is 50.7. The second-order valence-corrected chi connectivity index (χ2v) is 20.5. The Morgan fingerprint density at radius 3 is 2.31 bits per heavy atom. The highest BCUT2D eigenvalue weighted by molar-refractivity contribution is 6.26. The average Bonchev–Trinajstić information content (AvgIpc) is 3.51. The minimum atomic E-state index is -2.16. The highest BCUT2D eigenvalue weighted by Crippen LogP contribution is 2.61. The molecule has 3 aliphatic heterocycles. The van der Waals surface area contributed by atoms with Crippen molar-refractivity contribution in [1.82, 2.24) is 5.32 Å². The second-order valence-electron chi connectivity index (χ2n) is 20.5. The molecule has 7 rings (SSSR count). The van der Waals surface area contributed by atoms with Gasteiger partial charge in [-0.3, -0.25) is 24.5 Å². The van der Waals surface area contributed by atoms with E-state index in [1.807, 2.05) is 45.9 Å². The number of ether oxygens (including phenoxy) is 7. The first kappa shape index (κ1) is 51.1. The number of fused-ring (bicyclic) bond motifs is 4. The van der Waals surface area contributed by atoms with E-state index in [0.717, 1.165) is 12.7 Å². The topological polar surface area (TPSA) is 266 Å². The zero-order valence-corrected chi connectivity index (χ0v) is 40.2. The lowest BCUT2D eigenvalue weighted by Crippen LogP contribution is -2.65. The Hall–Kier alpha value is -4.79. The summed E-state index contributed by atoms with van der Waals surface area (Å²) in [5.74, 6) is -6.15. The fourth-order valence-corrected chi connectivity index (χ4v) is 12.6. The van der Waals surface area contributed by atoms with E-state index in [0.29, 0.717) is 18.3 Å². The monoisotopic (exact) mass is 954 g/mol. The number of nitrogens with zero attached hydrogens (tertiary/aromatic N) is 1. The Bertz CT molecular complexity index is 2220. The van der Waals surface area contributed by atoms with Gasteiger partial charge in [0, 0.05) is 48.9 Å². The number of hydrogen-bond donors (Lipinski definition) is 4. The number of alkyl carbamates (subject to hydrolysis) is 1. The van der Waals surface area contributed by atoms with Gasteiger partial charge in [0.05, 0.1) is 50.0 Å². The molecule has 19 atom stereocenters. The fraction of sp³-hybridized carbons (Fsp3) is 0.694. The molecule has 3 saturated heterocycles. The number of Topliss-reactive ketones (excluding diaryl/α,β-unsaturated/α-hetero) is 1. The van der Waals surface area contributed by atoms with Gasteiger partial charge >= 0.3 is 18.0 Å². The molecule has 1 saturated carbocycles. The maximum absolute atomic E-state index is 15.3. The van der Waals surface area contributed by atoms with E-state index in [-0.39, 0.29) is 36.7 Å². The molecule has 1 amide bonds. The zero-order valence-electron chi connectivity index (χ0n) is 40.2. The summed E-state index contributed by atoms with van der Waals surface area (Å²) < 4.78 is 42.1. The van der Waals surface area contributed by atoms with Crippen molar-refractivity contribution in [3.63, 3.8) is 0 Å². The molecule has 19 unspecified atom stereocenters. The molecule has 374 valence electrons. The predicted octanol–water partition coefficient (Wildman–Crippen LogP) is 4.66. The smallest absolute Gasteiger partial charge is 0.407 e. The van der Waals surface area contributed by atoms with E-state index in [9.17, 15) is 44.6 Å². The van der Waals surface area contributed by atoms with Crippen LogP contribution in [0.25, 0.3) is 0 Å². The second kappa shape index (κ2) is 19.2. The Morgan fingerprint density at radius 2 is 1.66 bits per heavy atom. The molecule has 7 aliphatic rings. The van der Waals surface area contributed by atoms with E-state index in [2.05, 4.69) is 5.32 Å².